The molecule has 6 heteroatoms. The van der Waals surface area contributed by atoms with E-state index >= 15 is 0 Å². The van der Waals surface area contributed by atoms with Crippen molar-refractivity contribution in [2.24, 2.45) is 11.5 Å². The monoisotopic (exact) mass is 709 g/mol. The van der Waals surface area contributed by atoms with E-state index in [9.17, 15) is 0 Å². The molecule has 0 fully saturated rings. The second-order valence-corrected chi connectivity index (χ2v) is 13.3. The van der Waals surface area contributed by atoms with Gasteiger partial charge in [0, 0.05) is 16.7 Å². The first-order valence-electron chi connectivity index (χ1n) is 18.1. The van der Waals surface area contributed by atoms with Crippen LogP contribution in [-0.2, 0) is 0 Å². The zero-order chi connectivity index (χ0) is 37.1. The average molecular weight is 710 g/mol. The maximum atomic E-state index is 6.17. The first-order chi connectivity index (χ1) is 27.1. The lowest BCUT2D eigenvalue weighted by molar-refractivity contribution is 0.583. The molecular weight excluding hydrogens is 675 g/mol. The van der Waals surface area contributed by atoms with Gasteiger partial charge in [-0.25, -0.2) is 15.0 Å². The second kappa shape index (κ2) is 14.5. The molecule has 55 heavy (non-hydrogen) atoms. The Bertz CT molecular complexity index is 2840. The molecule has 0 aliphatic rings. The smallest absolute Gasteiger partial charge is 0.243 e. The second-order valence-electron chi connectivity index (χ2n) is 13.3. The molecule has 0 amide bonds. The summed E-state index contributed by atoms with van der Waals surface area (Å²) in [5.74, 6) is 1.03. The van der Waals surface area contributed by atoms with Crippen molar-refractivity contribution in [2.45, 2.75) is 0 Å². The highest BCUT2D eigenvalue weighted by Crippen LogP contribution is 2.41. The summed E-state index contributed by atoms with van der Waals surface area (Å²) in [5, 5.41) is 2.33. The van der Waals surface area contributed by atoms with Gasteiger partial charge in [0.2, 0.25) is 5.89 Å². The van der Waals surface area contributed by atoms with Crippen LogP contribution < -0.4 is 11.5 Å². The number of hydrogen-bond acceptors (Lipinski definition) is 6. The number of hydrogen-bond donors (Lipinski definition) is 2. The van der Waals surface area contributed by atoms with Crippen LogP contribution in [0.25, 0.3) is 94.9 Å². The summed E-state index contributed by atoms with van der Waals surface area (Å²) >= 11 is 0. The van der Waals surface area contributed by atoms with Crippen LogP contribution in [0.4, 0.5) is 0 Å². The largest absolute Gasteiger partial charge is 0.435 e. The highest BCUT2D eigenvalue weighted by atomic mass is 16.3. The van der Waals surface area contributed by atoms with Crippen LogP contribution in [0.3, 0.4) is 0 Å². The number of nitrogens with zero attached hydrogens (tertiary/aromatic N) is 3. The van der Waals surface area contributed by atoms with Crippen LogP contribution in [0.5, 0.6) is 0 Å². The van der Waals surface area contributed by atoms with E-state index in [2.05, 4.69) is 126 Å². The van der Waals surface area contributed by atoms with Gasteiger partial charge in [0.1, 0.15) is 5.52 Å². The molecule has 0 saturated carbocycles. The Balaban J connectivity index is 1.16. The van der Waals surface area contributed by atoms with Crippen LogP contribution in [0.2, 0.25) is 0 Å². The maximum absolute atomic E-state index is 6.17. The Morgan fingerprint density at radius 1 is 0.509 bits per heavy atom. The van der Waals surface area contributed by atoms with Crippen molar-refractivity contribution in [2.75, 3.05) is 0 Å². The van der Waals surface area contributed by atoms with E-state index in [1.165, 1.54) is 11.6 Å². The molecule has 9 rings (SSSR count). The number of nitrogens with two attached hydrogens (primary N) is 2. The van der Waals surface area contributed by atoms with Crippen molar-refractivity contribution in [3.63, 3.8) is 0 Å². The zero-order valence-corrected chi connectivity index (χ0v) is 29.8. The number of allylic oxidation sites excluding steroid dienone is 2. The van der Waals surface area contributed by atoms with Crippen LogP contribution in [0.1, 0.15) is 5.89 Å². The van der Waals surface area contributed by atoms with Crippen molar-refractivity contribution >= 4 is 27.6 Å². The van der Waals surface area contributed by atoms with Gasteiger partial charge in [-0.1, -0.05) is 140 Å². The average Bonchev–Trinajstić information content (AvgIpc) is 3.70. The van der Waals surface area contributed by atoms with E-state index in [1.807, 2.05) is 48.5 Å². The van der Waals surface area contributed by atoms with Crippen LogP contribution in [-0.4, -0.2) is 15.0 Å². The first kappa shape index (κ1) is 33.3. The van der Waals surface area contributed by atoms with E-state index in [4.69, 9.17) is 25.9 Å². The van der Waals surface area contributed by atoms with Crippen molar-refractivity contribution < 1.29 is 4.42 Å². The minimum Gasteiger partial charge on any atom is -0.435 e. The van der Waals surface area contributed by atoms with Gasteiger partial charge in [-0.2, -0.15) is 0 Å². The third-order valence-corrected chi connectivity index (χ3v) is 9.73. The minimum absolute atomic E-state index is 0.357. The molecule has 262 valence electrons. The summed E-state index contributed by atoms with van der Waals surface area (Å²) < 4.78 is 6.05. The summed E-state index contributed by atoms with van der Waals surface area (Å²) in [4.78, 5) is 14.8. The van der Waals surface area contributed by atoms with E-state index in [-0.39, 0.29) is 0 Å². The maximum Gasteiger partial charge on any atom is 0.243 e. The number of rotatable bonds is 8. The molecule has 0 spiro atoms. The Morgan fingerprint density at radius 3 is 1.87 bits per heavy atom. The van der Waals surface area contributed by atoms with E-state index in [1.54, 1.807) is 12.2 Å². The number of aromatic nitrogens is 3. The van der Waals surface area contributed by atoms with Gasteiger partial charge in [-0.15, -0.1) is 0 Å². The third kappa shape index (κ3) is 6.65. The predicted molar refractivity (Wildman–Crippen MR) is 225 cm³/mol. The summed E-state index contributed by atoms with van der Waals surface area (Å²) in [7, 11) is 0. The number of fused-ring (bicyclic) bond motifs is 2. The van der Waals surface area contributed by atoms with Crippen LogP contribution in [0, 0.1) is 0 Å². The topological polar surface area (TPSA) is 104 Å². The fourth-order valence-electron chi connectivity index (χ4n) is 7.05. The Kier molecular flexibility index (Phi) is 8.74. The minimum atomic E-state index is 0.357. The summed E-state index contributed by atoms with van der Waals surface area (Å²) in [6, 6.07) is 58.8. The highest BCUT2D eigenvalue weighted by Gasteiger charge is 2.17. The van der Waals surface area contributed by atoms with Gasteiger partial charge < -0.3 is 15.9 Å². The van der Waals surface area contributed by atoms with Gasteiger partial charge in [-0.05, 0) is 92.8 Å². The Labute approximate surface area is 318 Å². The Morgan fingerprint density at radius 2 is 1.13 bits per heavy atom. The van der Waals surface area contributed by atoms with Gasteiger partial charge in [-0.3, -0.25) is 0 Å². The standard InChI is InChI=1S/C49H35N5O/c50-27-11-22-42(51)49-54-43-26-24-36(30-46(43)55-49)35-17-9-18-37(28-35)41-25-23-32-12-7-8-21-40(32)47(41)38-19-10-20-39(29-38)48-52-44(33-13-3-1-4-14-33)31-45(53-48)34-15-5-2-6-16-34/h1-31H,50-51H2/b27-11-,42-22-. The molecule has 7 aromatic carbocycles. The third-order valence-electron chi connectivity index (χ3n) is 9.73. The molecular formula is C49H35N5O. The molecule has 0 aliphatic carbocycles. The van der Waals surface area contributed by atoms with Gasteiger partial charge in [0.25, 0.3) is 0 Å². The van der Waals surface area contributed by atoms with Gasteiger partial charge in [0.05, 0.1) is 17.1 Å². The molecule has 0 saturated heterocycles. The van der Waals surface area contributed by atoms with Gasteiger partial charge >= 0.3 is 0 Å². The fourth-order valence-corrected chi connectivity index (χ4v) is 7.05. The highest BCUT2D eigenvalue weighted by molar-refractivity contribution is 6.05. The lowest BCUT2D eigenvalue weighted by Gasteiger charge is -2.16. The summed E-state index contributed by atoms with van der Waals surface area (Å²) in [5.41, 5.74) is 24.7. The molecule has 4 N–H and O–H groups in total. The van der Waals surface area contributed by atoms with E-state index in [0.717, 1.165) is 72.4 Å². The molecule has 2 aromatic heterocycles. The van der Waals surface area contributed by atoms with Crippen molar-refractivity contribution in [3.05, 3.63) is 194 Å². The van der Waals surface area contributed by atoms with E-state index < -0.39 is 0 Å². The molecule has 0 radical (unpaired) electrons. The number of benzene rings is 7. The molecule has 9 aromatic rings. The fraction of sp³-hybridized carbons (Fsp3) is 0. The van der Waals surface area contributed by atoms with Crippen molar-refractivity contribution in [3.8, 4) is 67.3 Å². The normalized spacial score (nSPS) is 11.8. The number of oxazole rings is 1. The molecule has 0 unspecified atom stereocenters. The lowest BCUT2D eigenvalue weighted by Crippen LogP contribution is -1.96. The SMILES string of the molecule is N/C=C\C=C(/N)c1nc2ccc(-c3cccc(-c4ccc5ccccc5c4-c4cccc(-c5nc(-c6ccccc6)cc(-c6ccccc6)n5)c4)c3)cc2o1. The van der Waals surface area contributed by atoms with Crippen LogP contribution >= 0.6 is 0 Å². The molecule has 2 heterocycles. The predicted octanol–water partition coefficient (Wildman–Crippen LogP) is 11.5. The van der Waals surface area contributed by atoms with Crippen molar-refractivity contribution in [1.29, 1.82) is 0 Å². The summed E-state index contributed by atoms with van der Waals surface area (Å²) in [6.45, 7) is 0. The molecule has 6 nitrogen and oxygen atoms in total. The van der Waals surface area contributed by atoms with Gasteiger partial charge in [0.15, 0.2) is 11.4 Å². The summed E-state index contributed by atoms with van der Waals surface area (Å²) in [6.07, 6.45) is 4.74. The lowest BCUT2D eigenvalue weighted by atomic mass is 9.88. The first-order valence-corrected chi connectivity index (χ1v) is 18.1. The van der Waals surface area contributed by atoms with E-state index in [0.29, 0.717) is 23.0 Å². The zero-order valence-electron chi connectivity index (χ0n) is 29.8. The molecule has 0 atom stereocenters. The molecule has 0 bridgehead atoms. The molecule has 0 aliphatic heterocycles. The quantitative estimate of drug-likeness (QED) is 0.152. The van der Waals surface area contributed by atoms with Crippen LogP contribution in [0.15, 0.2) is 193 Å². The Hall–Kier alpha value is -7.57. The van der Waals surface area contributed by atoms with Crippen molar-refractivity contribution in [1.82, 2.24) is 15.0 Å².